The maximum Gasteiger partial charge on any atom is 0.0224 e. The van der Waals surface area contributed by atoms with Crippen LogP contribution in [0, 0.1) is 0 Å². The third-order valence-electron chi connectivity index (χ3n) is 4.14. The Balaban J connectivity index is 1.77. The number of nitrogens with zero attached hydrogens (tertiary/aromatic N) is 2. The van der Waals surface area contributed by atoms with E-state index in [2.05, 4.69) is 29.0 Å². The van der Waals surface area contributed by atoms with Crippen molar-refractivity contribution in [2.45, 2.75) is 45.2 Å². The van der Waals surface area contributed by atoms with Gasteiger partial charge in [0.1, 0.15) is 0 Å². The predicted molar refractivity (Wildman–Crippen MR) is 68.8 cm³/mol. The van der Waals surface area contributed by atoms with Crippen LogP contribution in [-0.4, -0.2) is 61.2 Å². The first-order chi connectivity index (χ1) is 7.83. The molecule has 2 unspecified atom stereocenters. The molecule has 2 aliphatic heterocycles. The van der Waals surface area contributed by atoms with Crippen molar-refractivity contribution in [1.29, 1.82) is 0 Å². The standard InChI is InChI=1S/C13H27N3/c1-3-12(14-4-2)10-15-8-9-16-7-5-6-13(16)11-15/h12-14H,3-11H2,1-2H3. The summed E-state index contributed by atoms with van der Waals surface area (Å²) in [6, 6.07) is 1.56. The summed E-state index contributed by atoms with van der Waals surface area (Å²) in [7, 11) is 0. The molecule has 2 atom stereocenters. The molecule has 2 heterocycles. The normalized spacial score (nSPS) is 29.2. The van der Waals surface area contributed by atoms with E-state index in [4.69, 9.17) is 0 Å². The average molecular weight is 225 g/mol. The molecule has 0 aromatic heterocycles. The second kappa shape index (κ2) is 5.99. The van der Waals surface area contributed by atoms with Crippen molar-refractivity contribution in [3.05, 3.63) is 0 Å². The monoisotopic (exact) mass is 225 g/mol. The van der Waals surface area contributed by atoms with Gasteiger partial charge in [0, 0.05) is 38.3 Å². The van der Waals surface area contributed by atoms with E-state index >= 15 is 0 Å². The fourth-order valence-corrected chi connectivity index (χ4v) is 3.16. The minimum Gasteiger partial charge on any atom is -0.313 e. The third-order valence-corrected chi connectivity index (χ3v) is 4.14. The fraction of sp³-hybridized carbons (Fsp3) is 1.00. The molecule has 0 bridgehead atoms. The molecule has 0 aliphatic carbocycles. The zero-order valence-corrected chi connectivity index (χ0v) is 10.9. The molecule has 0 saturated carbocycles. The summed E-state index contributed by atoms with van der Waals surface area (Å²) in [6.45, 7) is 12.1. The van der Waals surface area contributed by atoms with Gasteiger partial charge in [-0.2, -0.15) is 0 Å². The molecular formula is C13H27N3. The van der Waals surface area contributed by atoms with Crippen molar-refractivity contribution in [2.75, 3.05) is 39.3 Å². The minimum absolute atomic E-state index is 0.693. The quantitative estimate of drug-likeness (QED) is 0.757. The molecule has 3 nitrogen and oxygen atoms in total. The van der Waals surface area contributed by atoms with Gasteiger partial charge in [0.05, 0.1) is 0 Å². The van der Waals surface area contributed by atoms with E-state index in [0.717, 1.165) is 12.6 Å². The lowest BCUT2D eigenvalue weighted by atomic mass is 10.1. The highest BCUT2D eigenvalue weighted by Crippen LogP contribution is 2.21. The summed E-state index contributed by atoms with van der Waals surface area (Å²) in [5, 5.41) is 3.58. The summed E-state index contributed by atoms with van der Waals surface area (Å²) >= 11 is 0. The Morgan fingerprint density at radius 1 is 1.25 bits per heavy atom. The van der Waals surface area contributed by atoms with Crippen molar-refractivity contribution < 1.29 is 0 Å². The summed E-state index contributed by atoms with van der Waals surface area (Å²) in [4.78, 5) is 5.36. The second-order valence-corrected chi connectivity index (χ2v) is 5.25. The van der Waals surface area contributed by atoms with Crippen LogP contribution in [0.5, 0.6) is 0 Å². The third kappa shape index (κ3) is 2.96. The Labute approximate surface area is 100 Å². The molecule has 0 aromatic carbocycles. The van der Waals surface area contributed by atoms with Gasteiger partial charge in [-0.15, -0.1) is 0 Å². The van der Waals surface area contributed by atoms with Gasteiger partial charge >= 0.3 is 0 Å². The molecule has 2 saturated heterocycles. The van der Waals surface area contributed by atoms with Crippen LogP contribution in [0.25, 0.3) is 0 Å². The molecule has 2 fully saturated rings. The largest absolute Gasteiger partial charge is 0.313 e. The van der Waals surface area contributed by atoms with Gasteiger partial charge in [-0.05, 0) is 32.4 Å². The number of fused-ring (bicyclic) bond motifs is 1. The van der Waals surface area contributed by atoms with Gasteiger partial charge in [0.2, 0.25) is 0 Å². The summed E-state index contributed by atoms with van der Waals surface area (Å²) in [5.74, 6) is 0. The van der Waals surface area contributed by atoms with Crippen molar-refractivity contribution in [3.63, 3.8) is 0 Å². The van der Waals surface area contributed by atoms with E-state index < -0.39 is 0 Å². The molecule has 1 N–H and O–H groups in total. The van der Waals surface area contributed by atoms with Gasteiger partial charge in [-0.3, -0.25) is 9.80 Å². The van der Waals surface area contributed by atoms with Crippen molar-refractivity contribution in [1.82, 2.24) is 15.1 Å². The number of hydrogen-bond acceptors (Lipinski definition) is 3. The molecular weight excluding hydrogens is 198 g/mol. The van der Waals surface area contributed by atoms with Gasteiger partial charge in [0.15, 0.2) is 0 Å². The Kier molecular flexibility index (Phi) is 4.62. The summed E-state index contributed by atoms with van der Waals surface area (Å²) < 4.78 is 0. The zero-order chi connectivity index (χ0) is 11.4. The van der Waals surface area contributed by atoms with Crippen LogP contribution >= 0.6 is 0 Å². The fourth-order valence-electron chi connectivity index (χ4n) is 3.16. The zero-order valence-electron chi connectivity index (χ0n) is 10.9. The molecule has 16 heavy (non-hydrogen) atoms. The molecule has 0 radical (unpaired) electrons. The number of likely N-dealkylation sites (N-methyl/N-ethyl adjacent to an activating group) is 1. The van der Waals surface area contributed by atoms with Crippen LogP contribution in [0.1, 0.15) is 33.1 Å². The first-order valence-corrected chi connectivity index (χ1v) is 7.03. The molecule has 0 aromatic rings. The Bertz CT molecular complexity index is 207. The summed E-state index contributed by atoms with van der Waals surface area (Å²) in [5.41, 5.74) is 0. The van der Waals surface area contributed by atoms with E-state index in [0.29, 0.717) is 6.04 Å². The molecule has 94 valence electrons. The van der Waals surface area contributed by atoms with Crippen molar-refractivity contribution in [3.8, 4) is 0 Å². The van der Waals surface area contributed by atoms with E-state index in [1.807, 2.05) is 0 Å². The topological polar surface area (TPSA) is 18.5 Å². The predicted octanol–water partition coefficient (Wildman–Crippen LogP) is 1.15. The highest BCUT2D eigenvalue weighted by atomic mass is 15.3. The van der Waals surface area contributed by atoms with E-state index in [1.54, 1.807) is 0 Å². The number of rotatable bonds is 5. The smallest absolute Gasteiger partial charge is 0.0224 e. The van der Waals surface area contributed by atoms with Crippen molar-refractivity contribution >= 4 is 0 Å². The van der Waals surface area contributed by atoms with Gasteiger partial charge in [0.25, 0.3) is 0 Å². The first-order valence-electron chi connectivity index (χ1n) is 7.03. The van der Waals surface area contributed by atoms with Crippen LogP contribution in [0.2, 0.25) is 0 Å². The average Bonchev–Trinajstić information content (AvgIpc) is 2.75. The molecule has 0 amide bonds. The number of piperazine rings is 1. The highest BCUT2D eigenvalue weighted by Gasteiger charge is 2.30. The maximum atomic E-state index is 3.58. The Morgan fingerprint density at radius 3 is 2.88 bits per heavy atom. The maximum absolute atomic E-state index is 3.58. The Hall–Kier alpha value is -0.120. The SMILES string of the molecule is CCNC(CC)CN1CCN2CCCC2C1. The van der Waals surface area contributed by atoms with Crippen LogP contribution < -0.4 is 5.32 Å². The molecule has 0 spiro atoms. The van der Waals surface area contributed by atoms with E-state index in [-0.39, 0.29) is 0 Å². The Morgan fingerprint density at radius 2 is 2.12 bits per heavy atom. The summed E-state index contributed by atoms with van der Waals surface area (Å²) in [6.07, 6.45) is 4.09. The highest BCUT2D eigenvalue weighted by molar-refractivity contribution is 4.88. The molecule has 3 heteroatoms. The van der Waals surface area contributed by atoms with Gasteiger partial charge < -0.3 is 5.32 Å². The van der Waals surface area contributed by atoms with Crippen LogP contribution in [0.15, 0.2) is 0 Å². The van der Waals surface area contributed by atoms with Crippen LogP contribution in [-0.2, 0) is 0 Å². The number of nitrogens with one attached hydrogen (secondary N) is 1. The second-order valence-electron chi connectivity index (χ2n) is 5.25. The van der Waals surface area contributed by atoms with Crippen molar-refractivity contribution in [2.24, 2.45) is 0 Å². The van der Waals surface area contributed by atoms with Gasteiger partial charge in [-0.1, -0.05) is 13.8 Å². The molecule has 2 rings (SSSR count). The lowest BCUT2D eigenvalue weighted by molar-refractivity contribution is 0.0961. The lowest BCUT2D eigenvalue weighted by Gasteiger charge is -2.39. The van der Waals surface area contributed by atoms with E-state index in [1.165, 1.54) is 52.0 Å². The lowest BCUT2D eigenvalue weighted by Crippen LogP contribution is -2.53. The molecule has 2 aliphatic rings. The van der Waals surface area contributed by atoms with Gasteiger partial charge in [-0.25, -0.2) is 0 Å². The van der Waals surface area contributed by atoms with Crippen LogP contribution in [0.3, 0.4) is 0 Å². The number of hydrogen-bond donors (Lipinski definition) is 1. The van der Waals surface area contributed by atoms with E-state index in [9.17, 15) is 0 Å². The van der Waals surface area contributed by atoms with Crippen LogP contribution in [0.4, 0.5) is 0 Å². The minimum atomic E-state index is 0.693. The first kappa shape index (κ1) is 12.3.